The van der Waals surface area contributed by atoms with Crippen LogP contribution in [0.2, 0.25) is 0 Å². The number of fused-ring (bicyclic) bond motifs is 1. The molecule has 1 aliphatic heterocycles. The third-order valence-electron chi connectivity index (χ3n) is 3.05. The molecule has 1 heterocycles. The fourth-order valence-electron chi connectivity index (χ4n) is 2.09. The molecular formula is C13H13N3O2. The number of allylic oxidation sites excluding steroid dienone is 2. The van der Waals surface area contributed by atoms with Crippen molar-refractivity contribution < 1.29 is 10.3 Å². The number of hydrogen-bond donors (Lipinski definition) is 2. The number of nitrogens with zero attached hydrogens (tertiary/aromatic N) is 2. The summed E-state index contributed by atoms with van der Waals surface area (Å²) < 4.78 is 0. The van der Waals surface area contributed by atoms with Crippen molar-refractivity contribution in [3.8, 4) is 5.75 Å². The zero-order valence-corrected chi connectivity index (χ0v) is 9.87. The third-order valence-corrected chi connectivity index (χ3v) is 3.05. The van der Waals surface area contributed by atoms with E-state index in [1.165, 1.54) is 5.12 Å². The number of benzene rings is 1. The molecule has 2 aliphatic rings. The van der Waals surface area contributed by atoms with Gasteiger partial charge in [-0.05, 0) is 48.9 Å². The third kappa shape index (κ3) is 1.70. The summed E-state index contributed by atoms with van der Waals surface area (Å²) in [6.45, 7) is 1.96. The highest BCUT2D eigenvalue weighted by molar-refractivity contribution is 6.02. The molecule has 2 unspecified atom stereocenters. The molecule has 0 amide bonds. The van der Waals surface area contributed by atoms with E-state index in [-0.39, 0.29) is 17.0 Å². The van der Waals surface area contributed by atoms with Crippen LogP contribution < -0.4 is 10.3 Å². The first-order valence-electron chi connectivity index (χ1n) is 5.73. The second-order valence-electron chi connectivity index (χ2n) is 4.41. The summed E-state index contributed by atoms with van der Waals surface area (Å²) in [6.07, 6.45) is 5.74. The largest absolute Gasteiger partial charge is 0.605 e. The van der Waals surface area contributed by atoms with Gasteiger partial charge in [0.25, 0.3) is 0 Å². The van der Waals surface area contributed by atoms with Crippen LogP contribution in [-0.4, -0.2) is 16.9 Å². The number of phenols is 1. The topological polar surface area (TPSA) is 63.3 Å². The first kappa shape index (κ1) is 11.0. The van der Waals surface area contributed by atoms with Crippen molar-refractivity contribution >= 4 is 11.4 Å². The van der Waals surface area contributed by atoms with Crippen LogP contribution in [0.5, 0.6) is 5.75 Å². The molecule has 5 nitrogen and oxygen atoms in total. The van der Waals surface area contributed by atoms with Crippen LogP contribution in [0.1, 0.15) is 6.92 Å². The zero-order chi connectivity index (χ0) is 12.7. The second-order valence-corrected chi connectivity index (χ2v) is 4.41. The fourth-order valence-corrected chi connectivity index (χ4v) is 2.09. The summed E-state index contributed by atoms with van der Waals surface area (Å²) in [5, 5.41) is 27.1. The second kappa shape index (κ2) is 3.97. The van der Waals surface area contributed by atoms with E-state index in [4.69, 9.17) is 0 Å². The average Bonchev–Trinajstić information content (AvgIpc) is 2.68. The number of rotatable bonds is 1. The first-order chi connectivity index (χ1) is 8.65. The van der Waals surface area contributed by atoms with E-state index in [9.17, 15) is 10.3 Å². The smallest absolute Gasteiger partial charge is 0.175 e. The molecule has 5 heteroatoms. The lowest BCUT2D eigenvalue weighted by atomic mass is 10.0. The van der Waals surface area contributed by atoms with E-state index >= 15 is 0 Å². The molecule has 0 saturated heterocycles. The van der Waals surface area contributed by atoms with E-state index in [0.29, 0.717) is 5.69 Å². The van der Waals surface area contributed by atoms with E-state index in [2.05, 4.69) is 5.10 Å². The quantitative estimate of drug-likeness (QED) is 0.715. The van der Waals surface area contributed by atoms with Crippen molar-refractivity contribution in [1.82, 2.24) is 0 Å². The van der Waals surface area contributed by atoms with Gasteiger partial charge in [0.05, 0.1) is 0 Å². The predicted octanol–water partition coefficient (Wildman–Crippen LogP) is 0.751. The first-order valence-corrected chi connectivity index (χ1v) is 5.73. The fraction of sp³-hybridized carbons (Fsp3) is 0.154. The number of hydroxylamine groups is 1. The van der Waals surface area contributed by atoms with Gasteiger partial charge in [-0.3, -0.25) is 0 Å². The van der Waals surface area contributed by atoms with Crippen molar-refractivity contribution in [3.63, 3.8) is 0 Å². The van der Waals surface area contributed by atoms with E-state index in [1.54, 1.807) is 24.3 Å². The Morgan fingerprint density at radius 2 is 2.00 bits per heavy atom. The molecule has 0 fully saturated rings. The highest BCUT2D eigenvalue weighted by atomic mass is 16.6. The van der Waals surface area contributed by atoms with Gasteiger partial charge >= 0.3 is 0 Å². The number of hydrazone groups is 1. The molecular weight excluding hydrogens is 230 g/mol. The van der Waals surface area contributed by atoms with Gasteiger partial charge in [0.15, 0.2) is 6.04 Å². The Balaban J connectivity index is 1.95. The van der Waals surface area contributed by atoms with Gasteiger partial charge in [0.1, 0.15) is 17.1 Å². The van der Waals surface area contributed by atoms with Crippen molar-refractivity contribution in [1.29, 1.82) is 0 Å². The summed E-state index contributed by atoms with van der Waals surface area (Å²) in [5.74, 6) is 0.172. The molecule has 1 aliphatic carbocycles. The molecule has 3 rings (SSSR count). The van der Waals surface area contributed by atoms with Crippen LogP contribution in [0, 0.1) is 5.21 Å². The van der Waals surface area contributed by atoms with Crippen molar-refractivity contribution in [2.45, 2.75) is 13.0 Å². The van der Waals surface area contributed by atoms with Gasteiger partial charge in [-0.15, -0.1) is 10.2 Å². The van der Waals surface area contributed by atoms with Gasteiger partial charge in [-0.25, -0.2) is 5.17 Å². The van der Waals surface area contributed by atoms with Gasteiger partial charge in [-0.1, -0.05) is 6.08 Å². The number of nitrogens with one attached hydrogen (secondary N) is 1. The number of quaternary nitrogens is 1. The number of hydrogen-bond acceptors (Lipinski definition) is 4. The molecule has 0 bridgehead atoms. The van der Waals surface area contributed by atoms with Crippen LogP contribution >= 0.6 is 0 Å². The molecule has 18 heavy (non-hydrogen) atoms. The van der Waals surface area contributed by atoms with E-state index in [1.807, 2.05) is 25.2 Å². The minimum absolute atomic E-state index is 0.0561. The number of anilines is 1. The molecule has 1 aromatic rings. The Bertz CT molecular complexity index is 560. The number of aromatic hydroxyl groups is 1. The lowest BCUT2D eigenvalue weighted by Gasteiger charge is -2.29. The lowest BCUT2D eigenvalue weighted by Crippen LogP contribution is -3.16. The summed E-state index contributed by atoms with van der Waals surface area (Å²) in [7, 11) is 0. The zero-order valence-electron chi connectivity index (χ0n) is 9.87. The minimum Gasteiger partial charge on any atom is -0.605 e. The Labute approximate surface area is 104 Å². The van der Waals surface area contributed by atoms with Crippen LogP contribution in [0.3, 0.4) is 0 Å². The molecule has 1 aromatic carbocycles. The highest BCUT2D eigenvalue weighted by Crippen LogP contribution is 2.20. The summed E-state index contributed by atoms with van der Waals surface area (Å²) >= 11 is 0. The Morgan fingerprint density at radius 1 is 1.28 bits per heavy atom. The Hall–Kier alpha value is -2.11. The standard InChI is InChI=1S/C13H13N3O2/c1-9-2-7-12-13(8-9)16(18)15(14-12)10-3-5-11(17)6-4-10/h2-8,13,16-17H,1H3. The van der Waals surface area contributed by atoms with Crippen molar-refractivity contribution in [3.05, 3.63) is 53.3 Å². The van der Waals surface area contributed by atoms with Crippen LogP contribution in [0.25, 0.3) is 0 Å². The lowest BCUT2D eigenvalue weighted by molar-refractivity contribution is -0.861. The van der Waals surface area contributed by atoms with Gasteiger partial charge in [0.2, 0.25) is 0 Å². The normalized spacial score (nSPS) is 25.8. The molecule has 2 atom stereocenters. The maximum Gasteiger partial charge on any atom is 0.175 e. The molecule has 0 radical (unpaired) electrons. The molecule has 0 spiro atoms. The monoisotopic (exact) mass is 243 g/mol. The number of phenolic OH excluding ortho intramolecular Hbond substituents is 1. The van der Waals surface area contributed by atoms with Gasteiger partial charge < -0.3 is 10.3 Å². The molecule has 0 aromatic heterocycles. The van der Waals surface area contributed by atoms with Crippen LogP contribution in [0.15, 0.2) is 53.2 Å². The predicted molar refractivity (Wildman–Crippen MR) is 69.0 cm³/mol. The summed E-state index contributed by atoms with van der Waals surface area (Å²) in [6, 6.07) is 6.16. The SMILES string of the molecule is CC1=CC2C(=NN(c3ccc(O)cc3)[NH+]2[O-])C=C1. The van der Waals surface area contributed by atoms with Crippen molar-refractivity contribution in [2.24, 2.45) is 5.10 Å². The van der Waals surface area contributed by atoms with Gasteiger partial charge in [-0.2, -0.15) is 0 Å². The van der Waals surface area contributed by atoms with Crippen molar-refractivity contribution in [2.75, 3.05) is 5.12 Å². The van der Waals surface area contributed by atoms with E-state index in [0.717, 1.165) is 11.3 Å². The molecule has 92 valence electrons. The minimum atomic E-state index is -0.274. The highest BCUT2D eigenvalue weighted by Gasteiger charge is 2.33. The maximum atomic E-state index is 12.2. The van der Waals surface area contributed by atoms with Crippen LogP contribution in [-0.2, 0) is 0 Å². The van der Waals surface area contributed by atoms with Gasteiger partial charge in [0, 0.05) is 0 Å². The summed E-state index contributed by atoms with van der Waals surface area (Å²) in [5.41, 5.74) is 2.50. The summed E-state index contributed by atoms with van der Waals surface area (Å²) in [4.78, 5) is 0. The molecule has 0 saturated carbocycles. The Kier molecular flexibility index (Phi) is 2.43. The van der Waals surface area contributed by atoms with Crippen LogP contribution in [0.4, 0.5) is 5.69 Å². The van der Waals surface area contributed by atoms with E-state index < -0.39 is 0 Å². The molecule has 2 N–H and O–H groups in total. The maximum absolute atomic E-state index is 12.2. The average molecular weight is 243 g/mol. The Morgan fingerprint density at radius 3 is 2.72 bits per heavy atom.